The first-order valence-electron chi connectivity index (χ1n) is 11.5. The molecule has 5 rings (SSSR count). The molecule has 8 nitrogen and oxygen atoms in total. The molecule has 9 heteroatoms. The summed E-state index contributed by atoms with van der Waals surface area (Å²) in [6.07, 6.45) is 1.63. The summed E-state index contributed by atoms with van der Waals surface area (Å²) in [5.74, 6) is 0.376. The molecule has 1 N–H and O–H groups in total. The molecule has 1 aliphatic rings. The van der Waals surface area contributed by atoms with Crippen molar-refractivity contribution in [2.24, 2.45) is 0 Å². The number of anilines is 2. The molecule has 2 heterocycles. The SMILES string of the molecule is O=C(c1ccc(Nc2nccc(-c3ccc(S(=O)(=O)c4ccccc4)cc3)n2)cc1)N1CCOCC1. The lowest BCUT2D eigenvalue weighted by atomic mass is 10.1. The molecule has 36 heavy (non-hydrogen) atoms. The fraction of sp³-hybridized carbons (Fsp3) is 0.148. The van der Waals surface area contributed by atoms with Crippen molar-refractivity contribution < 1.29 is 17.9 Å². The van der Waals surface area contributed by atoms with Crippen molar-refractivity contribution in [2.75, 3.05) is 31.6 Å². The molecule has 0 unspecified atom stereocenters. The van der Waals surface area contributed by atoms with Crippen LogP contribution in [0.15, 0.2) is 101 Å². The number of aromatic nitrogens is 2. The van der Waals surface area contributed by atoms with Crippen LogP contribution in [0.25, 0.3) is 11.3 Å². The molecule has 0 spiro atoms. The van der Waals surface area contributed by atoms with E-state index in [9.17, 15) is 13.2 Å². The second-order valence-corrected chi connectivity index (χ2v) is 10.2. The number of sulfone groups is 1. The summed E-state index contributed by atoms with van der Waals surface area (Å²) in [6.45, 7) is 2.31. The first kappa shape index (κ1) is 23.7. The summed E-state index contributed by atoms with van der Waals surface area (Å²) in [7, 11) is -3.58. The summed E-state index contributed by atoms with van der Waals surface area (Å²) >= 11 is 0. The molecule has 0 saturated carbocycles. The van der Waals surface area contributed by atoms with Gasteiger partial charge in [0, 0.05) is 36.1 Å². The fourth-order valence-corrected chi connectivity index (χ4v) is 5.18. The highest BCUT2D eigenvalue weighted by molar-refractivity contribution is 7.91. The Morgan fingerprint density at radius 2 is 1.50 bits per heavy atom. The third kappa shape index (κ3) is 5.12. The van der Waals surface area contributed by atoms with Crippen LogP contribution in [0, 0.1) is 0 Å². The summed E-state index contributed by atoms with van der Waals surface area (Å²) in [6, 6.07) is 23.9. The number of carbonyl (C=O) groups is 1. The molecule has 182 valence electrons. The van der Waals surface area contributed by atoms with Gasteiger partial charge >= 0.3 is 0 Å². The van der Waals surface area contributed by atoms with Gasteiger partial charge in [-0.1, -0.05) is 30.3 Å². The van der Waals surface area contributed by atoms with Crippen molar-refractivity contribution in [3.8, 4) is 11.3 Å². The predicted molar refractivity (Wildman–Crippen MR) is 136 cm³/mol. The zero-order valence-electron chi connectivity index (χ0n) is 19.4. The normalized spacial score (nSPS) is 13.8. The van der Waals surface area contributed by atoms with E-state index in [2.05, 4.69) is 15.3 Å². The van der Waals surface area contributed by atoms with Crippen molar-refractivity contribution in [2.45, 2.75) is 9.79 Å². The number of rotatable bonds is 6. The Balaban J connectivity index is 1.29. The Bertz CT molecular complexity index is 1450. The highest BCUT2D eigenvalue weighted by Gasteiger charge is 2.19. The van der Waals surface area contributed by atoms with Crippen LogP contribution in [0.4, 0.5) is 11.6 Å². The number of morpholine rings is 1. The number of carbonyl (C=O) groups excluding carboxylic acids is 1. The van der Waals surface area contributed by atoms with Gasteiger partial charge in [-0.25, -0.2) is 18.4 Å². The van der Waals surface area contributed by atoms with E-state index in [0.29, 0.717) is 43.5 Å². The fourth-order valence-electron chi connectivity index (χ4n) is 3.89. The van der Waals surface area contributed by atoms with Crippen LogP contribution in [0.5, 0.6) is 0 Å². The molecular formula is C27H24N4O4S. The lowest BCUT2D eigenvalue weighted by Gasteiger charge is -2.26. The number of hydrogen-bond donors (Lipinski definition) is 1. The molecule has 3 aromatic carbocycles. The van der Waals surface area contributed by atoms with E-state index in [4.69, 9.17) is 4.74 Å². The van der Waals surface area contributed by atoms with Crippen LogP contribution >= 0.6 is 0 Å². The molecule has 0 bridgehead atoms. The molecule has 0 radical (unpaired) electrons. The summed E-state index contributed by atoms with van der Waals surface area (Å²) < 4.78 is 31.0. The van der Waals surface area contributed by atoms with Crippen LogP contribution in [0.2, 0.25) is 0 Å². The van der Waals surface area contributed by atoms with Crippen LogP contribution in [0.1, 0.15) is 10.4 Å². The molecule has 1 amide bonds. The number of ether oxygens (including phenoxy) is 1. The zero-order chi connectivity index (χ0) is 25.0. The quantitative estimate of drug-likeness (QED) is 0.424. The van der Waals surface area contributed by atoms with Crippen LogP contribution in [0.3, 0.4) is 0 Å². The molecule has 1 aromatic heterocycles. The van der Waals surface area contributed by atoms with E-state index in [0.717, 1.165) is 11.3 Å². The van der Waals surface area contributed by atoms with Gasteiger partial charge in [0.1, 0.15) is 0 Å². The van der Waals surface area contributed by atoms with E-state index in [1.165, 1.54) is 0 Å². The molecule has 4 aromatic rings. The number of nitrogens with zero attached hydrogens (tertiary/aromatic N) is 3. The van der Waals surface area contributed by atoms with Gasteiger partial charge in [0.05, 0.1) is 28.7 Å². The van der Waals surface area contributed by atoms with Gasteiger partial charge in [-0.2, -0.15) is 0 Å². The van der Waals surface area contributed by atoms with Crippen molar-refractivity contribution in [3.05, 3.63) is 96.7 Å². The Kier molecular flexibility index (Phi) is 6.75. The Labute approximate surface area is 209 Å². The first-order valence-corrected chi connectivity index (χ1v) is 13.0. The minimum absolute atomic E-state index is 0.0131. The van der Waals surface area contributed by atoms with E-state index in [1.54, 1.807) is 83.9 Å². The Morgan fingerprint density at radius 3 is 2.19 bits per heavy atom. The second kappa shape index (κ2) is 10.3. The molecule has 0 atom stereocenters. The van der Waals surface area contributed by atoms with Crippen molar-refractivity contribution in [1.82, 2.24) is 14.9 Å². The van der Waals surface area contributed by atoms with Crippen molar-refractivity contribution in [1.29, 1.82) is 0 Å². The lowest BCUT2D eigenvalue weighted by molar-refractivity contribution is 0.0303. The van der Waals surface area contributed by atoms with Crippen LogP contribution in [-0.2, 0) is 14.6 Å². The number of amides is 1. The monoisotopic (exact) mass is 500 g/mol. The minimum atomic E-state index is -3.58. The van der Waals surface area contributed by atoms with Gasteiger partial charge in [0.2, 0.25) is 15.8 Å². The van der Waals surface area contributed by atoms with Crippen molar-refractivity contribution >= 4 is 27.4 Å². The average Bonchev–Trinajstić information content (AvgIpc) is 2.94. The minimum Gasteiger partial charge on any atom is -0.378 e. The standard InChI is InChI=1S/C27H24N4O4S/c32-26(31-16-18-35-19-17-31)21-6-10-22(11-7-21)29-27-28-15-14-25(30-27)20-8-12-24(13-9-20)36(33,34)23-4-2-1-3-5-23/h1-15H,16-19H2,(H,28,29,30). The molecule has 1 aliphatic heterocycles. The maximum atomic E-state index is 12.8. The molecule has 0 aliphatic carbocycles. The number of nitrogens with one attached hydrogen (secondary N) is 1. The third-order valence-electron chi connectivity index (χ3n) is 5.86. The highest BCUT2D eigenvalue weighted by Crippen LogP contribution is 2.25. The number of hydrogen-bond acceptors (Lipinski definition) is 7. The highest BCUT2D eigenvalue weighted by atomic mass is 32.2. The smallest absolute Gasteiger partial charge is 0.254 e. The van der Waals surface area contributed by atoms with E-state index >= 15 is 0 Å². The molecule has 1 fully saturated rings. The Morgan fingerprint density at radius 1 is 0.833 bits per heavy atom. The third-order valence-corrected chi connectivity index (χ3v) is 7.64. The molecule has 1 saturated heterocycles. The number of benzene rings is 3. The zero-order valence-corrected chi connectivity index (χ0v) is 20.2. The van der Waals surface area contributed by atoms with Gasteiger partial charge in [0.15, 0.2) is 0 Å². The van der Waals surface area contributed by atoms with Crippen LogP contribution < -0.4 is 5.32 Å². The summed E-state index contributed by atoms with van der Waals surface area (Å²) in [5, 5.41) is 3.15. The predicted octanol–water partition coefficient (Wildman–Crippen LogP) is 4.19. The van der Waals surface area contributed by atoms with Gasteiger partial charge in [-0.05, 0) is 54.6 Å². The van der Waals surface area contributed by atoms with Gasteiger partial charge in [0.25, 0.3) is 5.91 Å². The second-order valence-electron chi connectivity index (χ2n) is 8.21. The lowest BCUT2D eigenvalue weighted by Crippen LogP contribution is -2.40. The summed E-state index contributed by atoms with van der Waals surface area (Å²) in [4.78, 5) is 23.7. The van der Waals surface area contributed by atoms with Gasteiger partial charge in [-0.15, -0.1) is 0 Å². The maximum absolute atomic E-state index is 12.8. The van der Waals surface area contributed by atoms with Gasteiger partial charge < -0.3 is 15.0 Å². The van der Waals surface area contributed by atoms with E-state index in [-0.39, 0.29) is 15.7 Å². The summed E-state index contributed by atoms with van der Waals surface area (Å²) in [5.41, 5.74) is 2.77. The van der Waals surface area contributed by atoms with E-state index in [1.807, 2.05) is 12.1 Å². The Hall–Kier alpha value is -4.08. The van der Waals surface area contributed by atoms with Gasteiger partial charge in [-0.3, -0.25) is 4.79 Å². The topological polar surface area (TPSA) is 101 Å². The average molecular weight is 501 g/mol. The van der Waals surface area contributed by atoms with Crippen molar-refractivity contribution in [3.63, 3.8) is 0 Å². The molecular weight excluding hydrogens is 476 g/mol. The largest absolute Gasteiger partial charge is 0.378 e. The maximum Gasteiger partial charge on any atom is 0.254 e. The first-order chi connectivity index (χ1) is 17.5. The van der Waals surface area contributed by atoms with E-state index < -0.39 is 9.84 Å². The van der Waals surface area contributed by atoms with Crippen LogP contribution in [-0.4, -0.2) is 55.5 Å².